The largest absolute Gasteiger partial charge is 0.324 e. The minimum absolute atomic E-state index is 0.308. The average Bonchev–Trinajstić information content (AvgIpc) is 3.34. The summed E-state index contributed by atoms with van der Waals surface area (Å²) in [5.41, 5.74) is 0.917. The molecule has 5 rings (SSSR count). The van der Waals surface area contributed by atoms with Crippen LogP contribution in [0.5, 0.6) is 0 Å². The quantitative estimate of drug-likeness (QED) is 0.537. The molecule has 166 valence electrons. The Morgan fingerprint density at radius 1 is 1.09 bits per heavy atom. The van der Waals surface area contributed by atoms with E-state index >= 15 is 0 Å². The average molecular weight is 454 g/mol. The maximum Gasteiger partial charge on any atom is 0.250 e. The van der Waals surface area contributed by atoms with Crippen molar-refractivity contribution >= 4 is 40.9 Å². The molecule has 2 aromatic rings. The first-order chi connectivity index (χ1) is 15.4. The van der Waals surface area contributed by atoms with Crippen molar-refractivity contribution in [2.45, 2.75) is 31.8 Å². The molecule has 2 aromatic carbocycles. The van der Waals surface area contributed by atoms with Gasteiger partial charge < -0.3 is 5.32 Å². The van der Waals surface area contributed by atoms with Gasteiger partial charge >= 0.3 is 0 Å². The highest BCUT2D eigenvalue weighted by atomic mass is 32.2. The van der Waals surface area contributed by atoms with Crippen LogP contribution in [0.1, 0.15) is 24.5 Å². The predicted octanol–water partition coefficient (Wildman–Crippen LogP) is 3.20. The zero-order valence-corrected chi connectivity index (χ0v) is 18.7. The smallest absolute Gasteiger partial charge is 0.250 e. The Bertz CT molecular complexity index is 1120. The summed E-state index contributed by atoms with van der Waals surface area (Å²) >= 11 is 1.74. The van der Waals surface area contributed by atoms with E-state index in [9.17, 15) is 18.8 Å². The Morgan fingerprint density at radius 3 is 2.56 bits per heavy atom. The summed E-state index contributed by atoms with van der Waals surface area (Å²) in [6, 6.07) is 10.9. The van der Waals surface area contributed by atoms with Crippen molar-refractivity contribution in [2.75, 3.05) is 21.7 Å². The van der Waals surface area contributed by atoms with Crippen LogP contribution in [0.15, 0.2) is 42.5 Å². The lowest BCUT2D eigenvalue weighted by Crippen LogP contribution is -2.53. The minimum atomic E-state index is -1.46. The van der Waals surface area contributed by atoms with Crippen LogP contribution in [0.25, 0.3) is 0 Å². The lowest BCUT2D eigenvalue weighted by Gasteiger charge is -2.29. The van der Waals surface area contributed by atoms with E-state index in [0.717, 1.165) is 17.1 Å². The third-order valence-electron chi connectivity index (χ3n) is 6.75. The van der Waals surface area contributed by atoms with Crippen LogP contribution in [0.3, 0.4) is 0 Å². The molecule has 0 aromatic heterocycles. The number of halogens is 1. The van der Waals surface area contributed by atoms with Crippen molar-refractivity contribution < 1.29 is 18.8 Å². The number of anilines is 2. The number of rotatable bonds is 5. The maximum absolute atomic E-state index is 14.2. The van der Waals surface area contributed by atoms with Crippen LogP contribution in [0, 0.1) is 24.6 Å². The Hall–Kier alpha value is -2.71. The van der Waals surface area contributed by atoms with E-state index in [4.69, 9.17) is 0 Å². The maximum atomic E-state index is 14.2. The Kier molecular flexibility index (Phi) is 5.09. The summed E-state index contributed by atoms with van der Waals surface area (Å²) < 4.78 is 14.2. The van der Waals surface area contributed by atoms with Gasteiger partial charge in [-0.2, -0.15) is 11.8 Å². The first-order valence-electron chi connectivity index (χ1n) is 10.8. The molecule has 0 saturated carbocycles. The second-order valence-electron chi connectivity index (χ2n) is 8.54. The summed E-state index contributed by atoms with van der Waals surface area (Å²) in [7, 11) is 0. The molecule has 8 heteroatoms. The van der Waals surface area contributed by atoms with Crippen molar-refractivity contribution in [3.8, 4) is 0 Å². The minimum Gasteiger partial charge on any atom is -0.324 e. The van der Waals surface area contributed by atoms with Crippen LogP contribution in [0.4, 0.5) is 15.8 Å². The Labute approximate surface area is 189 Å². The first kappa shape index (κ1) is 21.2. The van der Waals surface area contributed by atoms with Crippen molar-refractivity contribution in [1.29, 1.82) is 0 Å². The number of benzene rings is 2. The zero-order chi connectivity index (χ0) is 22.6. The molecule has 4 atom stereocenters. The molecule has 2 saturated heterocycles. The SMILES string of the molecule is CCSCCC1NC2(C(=O)Nc3ccc(F)cc32)C2C(=O)N(c3ccc(C)cc3)C(=O)C12. The van der Waals surface area contributed by atoms with Gasteiger partial charge in [0, 0.05) is 17.3 Å². The van der Waals surface area contributed by atoms with Gasteiger partial charge in [-0.25, -0.2) is 9.29 Å². The van der Waals surface area contributed by atoms with Crippen LogP contribution in [-0.2, 0) is 19.9 Å². The third-order valence-corrected chi connectivity index (χ3v) is 7.68. The number of thioether (sulfide) groups is 1. The summed E-state index contributed by atoms with van der Waals surface area (Å²) in [6.45, 7) is 3.99. The Balaban J connectivity index is 1.63. The van der Waals surface area contributed by atoms with Gasteiger partial charge in [0.15, 0.2) is 0 Å². The first-order valence-corrected chi connectivity index (χ1v) is 12.0. The topological polar surface area (TPSA) is 78.5 Å². The highest BCUT2D eigenvalue weighted by Crippen LogP contribution is 2.54. The number of fused-ring (bicyclic) bond motifs is 4. The number of hydrogen-bond acceptors (Lipinski definition) is 5. The second-order valence-corrected chi connectivity index (χ2v) is 9.93. The molecule has 0 radical (unpaired) electrons. The van der Waals surface area contributed by atoms with Gasteiger partial charge in [0.1, 0.15) is 11.4 Å². The number of amides is 3. The molecule has 32 heavy (non-hydrogen) atoms. The Morgan fingerprint density at radius 2 is 1.84 bits per heavy atom. The molecule has 2 N–H and O–H groups in total. The van der Waals surface area contributed by atoms with Gasteiger partial charge in [0.2, 0.25) is 17.7 Å². The molecule has 1 spiro atoms. The van der Waals surface area contributed by atoms with E-state index in [2.05, 4.69) is 17.6 Å². The second kappa shape index (κ2) is 7.71. The molecule has 0 bridgehead atoms. The molecule has 3 aliphatic heterocycles. The molecule has 2 fully saturated rings. The molecule has 4 unspecified atom stereocenters. The number of hydrogen-bond donors (Lipinski definition) is 2. The van der Waals surface area contributed by atoms with E-state index in [0.29, 0.717) is 23.4 Å². The number of aryl methyl sites for hydroxylation is 1. The number of carbonyl (C=O) groups excluding carboxylic acids is 3. The lowest BCUT2D eigenvalue weighted by molar-refractivity contribution is -0.130. The number of imide groups is 1. The standard InChI is InChI=1S/C24H24FN3O3S/c1-3-32-11-10-18-19-20(22(30)28(21(19)29)15-7-4-13(2)5-8-15)24(27-18)16-12-14(25)6-9-17(16)26-23(24)31/h4-9,12,18-20,27H,3,10-11H2,1-2H3,(H,26,31). The van der Waals surface area contributed by atoms with Gasteiger partial charge in [0.25, 0.3) is 0 Å². The number of carbonyl (C=O) groups is 3. The molecular formula is C24H24FN3O3S. The zero-order valence-electron chi connectivity index (χ0n) is 17.9. The van der Waals surface area contributed by atoms with E-state index in [1.54, 1.807) is 23.9 Å². The van der Waals surface area contributed by atoms with Gasteiger partial charge in [-0.1, -0.05) is 24.6 Å². The normalized spacial score (nSPS) is 28.4. The molecule has 3 heterocycles. The van der Waals surface area contributed by atoms with Gasteiger partial charge in [-0.15, -0.1) is 0 Å². The van der Waals surface area contributed by atoms with E-state index in [-0.39, 0.29) is 11.9 Å². The highest BCUT2D eigenvalue weighted by Gasteiger charge is 2.70. The number of nitrogens with one attached hydrogen (secondary N) is 2. The summed E-state index contributed by atoms with van der Waals surface area (Å²) in [5, 5.41) is 6.14. The summed E-state index contributed by atoms with van der Waals surface area (Å²) in [6.07, 6.45) is 0.625. The van der Waals surface area contributed by atoms with Crippen molar-refractivity contribution in [3.63, 3.8) is 0 Å². The van der Waals surface area contributed by atoms with E-state index in [1.165, 1.54) is 23.1 Å². The van der Waals surface area contributed by atoms with Crippen LogP contribution >= 0.6 is 11.8 Å². The molecule has 3 amide bonds. The monoisotopic (exact) mass is 453 g/mol. The van der Waals surface area contributed by atoms with Crippen molar-refractivity contribution in [2.24, 2.45) is 11.8 Å². The van der Waals surface area contributed by atoms with E-state index in [1.807, 2.05) is 19.1 Å². The predicted molar refractivity (Wildman–Crippen MR) is 122 cm³/mol. The fraction of sp³-hybridized carbons (Fsp3) is 0.375. The van der Waals surface area contributed by atoms with Gasteiger partial charge in [-0.05, 0) is 55.2 Å². The van der Waals surface area contributed by atoms with Gasteiger partial charge in [-0.3, -0.25) is 19.7 Å². The molecule has 0 aliphatic carbocycles. The van der Waals surface area contributed by atoms with Crippen LogP contribution in [-0.4, -0.2) is 35.3 Å². The van der Waals surface area contributed by atoms with E-state index < -0.39 is 35.0 Å². The molecular weight excluding hydrogens is 429 g/mol. The van der Waals surface area contributed by atoms with Crippen LogP contribution < -0.4 is 15.5 Å². The summed E-state index contributed by atoms with van der Waals surface area (Å²) in [4.78, 5) is 41.9. The van der Waals surface area contributed by atoms with Gasteiger partial charge in [0.05, 0.1) is 17.5 Å². The summed E-state index contributed by atoms with van der Waals surface area (Å²) in [5.74, 6) is -1.54. The third kappa shape index (κ3) is 2.93. The number of nitrogens with zero attached hydrogens (tertiary/aromatic N) is 1. The van der Waals surface area contributed by atoms with Crippen molar-refractivity contribution in [1.82, 2.24) is 5.32 Å². The van der Waals surface area contributed by atoms with Crippen molar-refractivity contribution in [3.05, 3.63) is 59.4 Å². The van der Waals surface area contributed by atoms with Crippen LogP contribution in [0.2, 0.25) is 0 Å². The molecule has 3 aliphatic rings. The lowest BCUT2D eigenvalue weighted by atomic mass is 9.76. The fourth-order valence-electron chi connectivity index (χ4n) is 5.33. The highest BCUT2D eigenvalue weighted by molar-refractivity contribution is 7.99. The fourth-order valence-corrected chi connectivity index (χ4v) is 6.03. The molecule has 6 nitrogen and oxygen atoms in total.